The first-order valence-corrected chi connectivity index (χ1v) is 8.47. The van der Waals surface area contributed by atoms with Gasteiger partial charge in [0.1, 0.15) is 5.75 Å². The van der Waals surface area contributed by atoms with Crippen LogP contribution in [0.15, 0.2) is 42.7 Å². The lowest BCUT2D eigenvalue weighted by atomic mass is 10.2. The van der Waals surface area contributed by atoms with Crippen molar-refractivity contribution in [3.05, 3.63) is 48.3 Å². The monoisotopic (exact) mass is 342 g/mol. The Kier molecular flexibility index (Phi) is 7.22. The van der Waals surface area contributed by atoms with E-state index in [9.17, 15) is 4.79 Å². The molecule has 0 aliphatic carbocycles. The number of pyridine rings is 1. The van der Waals surface area contributed by atoms with Crippen molar-refractivity contribution >= 4 is 17.3 Å². The van der Waals surface area contributed by atoms with Crippen LogP contribution in [-0.2, 0) is 0 Å². The van der Waals surface area contributed by atoms with Gasteiger partial charge in [0.2, 0.25) is 0 Å². The number of nitrogens with one attached hydrogen (secondary N) is 2. The Morgan fingerprint density at radius 1 is 1.24 bits per heavy atom. The predicted molar refractivity (Wildman–Crippen MR) is 101 cm³/mol. The minimum Gasteiger partial charge on any atom is -0.492 e. The molecule has 1 aromatic carbocycles. The van der Waals surface area contributed by atoms with Crippen molar-refractivity contribution in [2.24, 2.45) is 0 Å². The number of anilines is 2. The highest BCUT2D eigenvalue weighted by molar-refractivity contribution is 5.94. The molecule has 6 heteroatoms. The lowest BCUT2D eigenvalue weighted by molar-refractivity contribution is 0.0952. The summed E-state index contributed by atoms with van der Waals surface area (Å²) >= 11 is 0. The first-order chi connectivity index (χ1) is 12.1. The summed E-state index contributed by atoms with van der Waals surface area (Å²) in [6, 6.07) is 9.47. The van der Waals surface area contributed by atoms with E-state index in [1.54, 1.807) is 18.5 Å². The number of rotatable bonds is 9. The van der Waals surface area contributed by atoms with E-state index in [0.717, 1.165) is 30.1 Å². The summed E-state index contributed by atoms with van der Waals surface area (Å²) in [4.78, 5) is 18.5. The minimum absolute atomic E-state index is 0.118. The molecule has 0 radical (unpaired) electrons. The van der Waals surface area contributed by atoms with Crippen LogP contribution >= 0.6 is 0 Å². The van der Waals surface area contributed by atoms with E-state index in [1.807, 2.05) is 45.3 Å². The normalized spacial score (nSPS) is 10.6. The Hall–Kier alpha value is -2.60. The van der Waals surface area contributed by atoms with Crippen LogP contribution < -0.4 is 15.4 Å². The van der Waals surface area contributed by atoms with Crippen molar-refractivity contribution in [1.82, 2.24) is 15.2 Å². The molecular weight excluding hydrogens is 316 g/mol. The molecule has 2 aromatic rings. The van der Waals surface area contributed by atoms with Gasteiger partial charge < -0.3 is 20.3 Å². The molecule has 2 rings (SSSR count). The smallest absolute Gasteiger partial charge is 0.252 e. The van der Waals surface area contributed by atoms with Gasteiger partial charge >= 0.3 is 0 Å². The van der Waals surface area contributed by atoms with Gasteiger partial charge in [-0.1, -0.05) is 12.1 Å². The summed E-state index contributed by atoms with van der Waals surface area (Å²) in [6.45, 7) is 4.11. The maximum Gasteiger partial charge on any atom is 0.252 e. The Balaban J connectivity index is 2.00. The van der Waals surface area contributed by atoms with Crippen LogP contribution in [0.2, 0.25) is 0 Å². The highest BCUT2D eigenvalue weighted by Gasteiger charge is 2.08. The Morgan fingerprint density at radius 3 is 2.80 bits per heavy atom. The molecular formula is C19H26N4O2. The van der Waals surface area contributed by atoms with Crippen LogP contribution in [-0.4, -0.2) is 49.6 Å². The minimum atomic E-state index is -0.118. The number of ether oxygens (including phenoxy) is 1. The Bertz CT molecular complexity index is 689. The molecule has 0 aliphatic heterocycles. The number of hydrogen-bond acceptors (Lipinski definition) is 5. The van der Waals surface area contributed by atoms with Crippen LogP contribution in [0.25, 0.3) is 0 Å². The van der Waals surface area contributed by atoms with E-state index in [4.69, 9.17) is 4.74 Å². The zero-order valence-electron chi connectivity index (χ0n) is 15.1. The molecule has 6 nitrogen and oxygen atoms in total. The van der Waals surface area contributed by atoms with Gasteiger partial charge in [0.05, 0.1) is 29.7 Å². The number of aromatic nitrogens is 1. The zero-order chi connectivity index (χ0) is 18.1. The Labute approximate surface area is 149 Å². The first kappa shape index (κ1) is 18.7. The van der Waals surface area contributed by atoms with Crippen molar-refractivity contribution < 1.29 is 9.53 Å². The van der Waals surface area contributed by atoms with Gasteiger partial charge in [-0.05, 0) is 52.2 Å². The number of nitrogens with zero attached hydrogens (tertiary/aromatic N) is 2. The van der Waals surface area contributed by atoms with Gasteiger partial charge in [-0.3, -0.25) is 9.78 Å². The lowest BCUT2D eigenvalue weighted by Gasteiger charge is -2.13. The highest BCUT2D eigenvalue weighted by Crippen LogP contribution is 2.27. The quantitative estimate of drug-likeness (QED) is 0.686. The molecule has 1 aromatic heterocycles. The summed E-state index contributed by atoms with van der Waals surface area (Å²) in [5.41, 5.74) is 2.12. The number of hydrogen-bond donors (Lipinski definition) is 2. The molecule has 0 spiro atoms. The molecule has 0 saturated carbocycles. The lowest BCUT2D eigenvalue weighted by Crippen LogP contribution is -2.27. The van der Waals surface area contributed by atoms with Crippen LogP contribution in [0.5, 0.6) is 5.75 Å². The van der Waals surface area contributed by atoms with Crippen LogP contribution in [0, 0.1) is 0 Å². The van der Waals surface area contributed by atoms with Gasteiger partial charge in [-0.25, -0.2) is 0 Å². The number of amides is 1. The fraction of sp³-hybridized carbons (Fsp3) is 0.368. The second-order valence-corrected chi connectivity index (χ2v) is 5.93. The second kappa shape index (κ2) is 9.64. The summed E-state index contributed by atoms with van der Waals surface area (Å²) in [5.74, 6) is 0.650. The van der Waals surface area contributed by atoms with E-state index in [-0.39, 0.29) is 5.91 Å². The van der Waals surface area contributed by atoms with Crippen molar-refractivity contribution in [2.45, 2.75) is 13.3 Å². The third-order valence-electron chi connectivity index (χ3n) is 3.53. The molecule has 1 amide bonds. The predicted octanol–water partition coefficient (Wildman–Crippen LogP) is 2.91. The van der Waals surface area contributed by atoms with E-state index >= 15 is 0 Å². The average molecular weight is 342 g/mol. The van der Waals surface area contributed by atoms with E-state index in [0.29, 0.717) is 18.7 Å². The van der Waals surface area contributed by atoms with Gasteiger partial charge in [-0.15, -0.1) is 0 Å². The van der Waals surface area contributed by atoms with Crippen LogP contribution in [0.1, 0.15) is 23.7 Å². The maximum absolute atomic E-state index is 12.2. The van der Waals surface area contributed by atoms with Crippen molar-refractivity contribution in [3.8, 4) is 5.75 Å². The zero-order valence-corrected chi connectivity index (χ0v) is 15.1. The fourth-order valence-electron chi connectivity index (χ4n) is 2.34. The van der Waals surface area contributed by atoms with Crippen LogP contribution in [0.3, 0.4) is 0 Å². The molecule has 0 atom stereocenters. The topological polar surface area (TPSA) is 66.5 Å². The summed E-state index contributed by atoms with van der Waals surface area (Å²) in [6.07, 6.45) is 4.16. The van der Waals surface area contributed by atoms with Crippen molar-refractivity contribution in [3.63, 3.8) is 0 Å². The average Bonchev–Trinajstić information content (AvgIpc) is 2.60. The Morgan fingerprint density at radius 2 is 2.04 bits per heavy atom. The van der Waals surface area contributed by atoms with Gasteiger partial charge in [-0.2, -0.15) is 0 Å². The SMILES string of the molecule is CCOc1ccccc1Nc1cncc(C(=O)NCCCN(C)C)c1. The molecule has 0 fully saturated rings. The highest BCUT2D eigenvalue weighted by atomic mass is 16.5. The fourth-order valence-corrected chi connectivity index (χ4v) is 2.34. The number of para-hydroxylation sites is 2. The van der Waals surface area contributed by atoms with Gasteiger partial charge in [0.15, 0.2) is 0 Å². The molecule has 0 bridgehead atoms. The first-order valence-electron chi connectivity index (χ1n) is 8.47. The van der Waals surface area contributed by atoms with E-state index in [2.05, 4.69) is 20.5 Å². The summed E-state index contributed by atoms with van der Waals surface area (Å²) in [7, 11) is 4.03. The third-order valence-corrected chi connectivity index (χ3v) is 3.53. The third kappa shape index (κ3) is 6.08. The van der Waals surface area contributed by atoms with Crippen molar-refractivity contribution in [1.29, 1.82) is 0 Å². The number of benzene rings is 1. The molecule has 1 heterocycles. The summed E-state index contributed by atoms with van der Waals surface area (Å²) in [5, 5.41) is 6.18. The van der Waals surface area contributed by atoms with E-state index in [1.165, 1.54) is 0 Å². The molecule has 0 saturated heterocycles. The molecule has 134 valence electrons. The largest absolute Gasteiger partial charge is 0.492 e. The summed E-state index contributed by atoms with van der Waals surface area (Å²) < 4.78 is 5.61. The van der Waals surface area contributed by atoms with Gasteiger partial charge in [0, 0.05) is 12.7 Å². The number of carbonyl (C=O) groups excluding carboxylic acids is 1. The maximum atomic E-state index is 12.2. The number of carbonyl (C=O) groups is 1. The van der Waals surface area contributed by atoms with Crippen molar-refractivity contribution in [2.75, 3.05) is 39.1 Å². The van der Waals surface area contributed by atoms with Gasteiger partial charge in [0.25, 0.3) is 5.91 Å². The molecule has 25 heavy (non-hydrogen) atoms. The molecule has 2 N–H and O–H groups in total. The van der Waals surface area contributed by atoms with Crippen LogP contribution in [0.4, 0.5) is 11.4 Å². The second-order valence-electron chi connectivity index (χ2n) is 5.93. The van der Waals surface area contributed by atoms with E-state index < -0.39 is 0 Å². The standard InChI is InChI=1S/C19H26N4O2/c1-4-25-18-9-6-5-8-17(18)22-16-12-15(13-20-14-16)19(24)21-10-7-11-23(2)3/h5-6,8-9,12-14,22H,4,7,10-11H2,1-3H3,(H,21,24). The molecule has 0 unspecified atom stereocenters. The molecule has 0 aliphatic rings.